The van der Waals surface area contributed by atoms with Crippen LogP contribution in [0, 0.1) is 0 Å². The highest BCUT2D eigenvalue weighted by atomic mass is 32.2. The molecule has 1 aliphatic rings. The average Bonchev–Trinajstić information content (AvgIpc) is 3.53. The highest BCUT2D eigenvalue weighted by Crippen LogP contribution is 2.39. The number of aryl methyl sites for hydroxylation is 1. The number of carbonyl (C=O) groups is 2. The third kappa shape index (κ3) is 5.02. The molecule has 1 amide bonds. The largest absolute Gasteiger partial charge is 0.494 e. The standard InChI is InChI=1S/C24H26N4O4S2/c1-4-13-28-21(15-9-11-16(12-10-15)32-5-2)26-27-24(28)33-14-19(29)25-22-20(23(30)31-3)17-7-6-8-18(17)34-22/h4,9-12H,1,5-8,13-14H2,2-3H3,(H,25,29). The van der Waals surface area contributed by atoms with Gasteiger partial charge >= 0.3 is 5.97 Å². The van der Waals surface area contributed by atoms with Crippen molar-refractivity contribution in [2.24, 2.45) is 0 Å². The first-order valence-electron chi connectivity index (χ1n) is 11.0. The van der Waals surface area contributed by atoms with Gasteiger partial charge in [-0.2, -0.15) is 0 Å². The summed E-state index contributed by atoms with van der Waals surface area (Å²) in [7, 11) is 1.36. The molecular weight excluding hydrogens is 472 g/mol. The van der Waals surface area contributed by atoms with E-state index in [4.69, 9.17) is 9.47 Å². The number of allylic oxidation sites excluding steroid dienone is 1. The maximum Gasteiger partial charge on any atom is 0.341 e. The highest BCUT2D eigenvalue weighted by molar-refractivity contribution is 7.99. The summed E-state index contributed by atoms with van der Waals surface area (Å²) >= 11 is 2.75. The molecule has 3 aromatic rings. The lowest BCUT2D eigenvalue weighted by atomic mass is 10.1. The van der Waals surface area contributed by atoms with Crippen LogP contribution in [0.15, 0.2) is 42.1 Å². The molecule has 1 aromatic carbocycles. The molecule has 0 saturated heterocycles. The smallest absolute Gasteiger partial charge is 0.341 e. The summed E-state index contributed by atoms with van der Waals surface area (Å²) in [6.45, 7) is 6.88. The van der Waals surface area contributed by atoms with Crippen molar-refractivity contribution in [2.45, 2.75) is 37.9 Å². The molecule has 0 radical (unpaired) electrons. The molecule has 0 saturated carbocycles. The summed E-state index contributed by atoms with van der Waals surface area (Å²) < 4.78 is 12.4. The Morgan fingerprint density at radius 2 is 2.06 bits per heavy atom. The van der Waals surface area contributed by atoms with E-state index < -0.39 is 5.97 Å². The van der Waals surface area contributed by atoms with E-state index in [1.165, 1.54) is 30.2 Å². The van der Waals surface area contributed by atoms with Gasteiger partial charge < -0.3 is 14.8 Å². The number of hydrogen-bond acceptors (Lipinski definition) is 8. The van der Waals surface area contributed by atoms with Crippen LogP contribution in [0.3, 0.4) is 0 Å². The number of methoxy groups -OCH3 is 1. The summed E-state index contributed by atoms with van der Waals surface area (Å²) in [5.41, 5.74) is 2.39. The van der Waals surface area contributed by atoms with E-state index >= 15 is 0 Å². The number of anilines is 1. The molecule has 10 heteroatoms. The molecule has 4 rings (SSSR count). The topological polar surface area (TPSA) is 95.3 Å². The van der Waals surface area contributed by atoms with Crippen LogP contribution in [0.4, 0.5) is 5.00 Å². The molecule has 2 aromatic heterocycles. The lowest BCUT2D eigenvalue weighted by molar-refractivity contribution is -0.113. The first-order chi connectivity index (χ1) is 16.5. The Balaban J connectivity index is 1.47. The molecule has 8 nitrogen and oxygen atoms in total. The molecule has 0 bridgehead atoms. The fourth-order valence-electron chi connectivity index (χ4n) is 3.87. The van der Waals surface area contributed by atoms with Gasteiger partial charge in [-0.05, 0) is 56.0 Å². The van der Waals surface area contributed by atoms with E-state index in [9.17, 15) is 9.59 Å². The lowest BCUT2D eigenvalue weighted by Crippen LogP contribution is -2.16. The molecule has 0 fully saturated rings. The van der Waals surface area contributed by atoms with Crippen molar-refractivity contribution in [3.05, 3.63) is 52.9 Å². The number of rotatable bonds is 10. The third-order valence-electron chi connectivity index (χ3n) is 5.35. The minimum absolute atomic E-state index is 0.127. The molecule has 34 heavy (non-hydrogen) atoms. The Labute approximate surface area is 206 Å². The monoisotopic (exact) mass is 498 g/mol. The van der Waals surface area contributed by atoms with Gasteiger partial charge in [0.2, 0.25) is 5.91 Å². The molecule has 1 N–H and O–H groups in total. The minimum Gasteiger partial charge on any atom is -0.494 e. The van der Waals surface area contributed by atoms with Gasteiger partial charge in [-0.25, -0.2) is 4.79 Å². The van der Waals surface area contributed by atoms with Crippen molar-refractivity contribution in [1.29, 1.82) is 0 Å². The highest BCUT2D eigenvalue weighted by Gasteiger charge is 2.28. The maximum atomic E-state index is 12.8. The van der Waals surface area contributed by atoms with Gasteiger partial charge in [-0.1, -0.05) is 17.8 Å². The van der Waals surface area contributed by atoms with Gasteiger partial charge in [-0.15, -0.1) is 28.1 Å². The fraction of sp³-hybridized carbons (Fsp3) is 0.333. The number of carbonyl (C=O) groups excluding carboxylic acids is 2. The van der Waals surface area contributed by atoms with E-state index in [2.05, 4.69) is 22.1 Å². The van der Waals surface area contributed by atoms with Crippen molar-refractivity contribution < 1.29 is 19.1 Å². The van der Waals surface area contributed by atoms with Gasteiger partial charge in [-0.3, -0.25) is 9.36 Å². The zero-order chi connectivity index (χ0) is 24.1. The zero-order valence-electron chi connectivity index (χ0n) is 19.1. The van der Waals surface area contributed by atoms with Crippen molar-refractivity contribution in [3.8, 4) is 17.1 Å². The van der Waals surface area contributed by atoms with Crippen LogP contribution in [0.5, 0.6) is 5.75 Å². The number of esters is 1. The number of thiophene rings is 1. The van der Waals surface area contributed by atoms with Gasteiger partial charge in [0, 0.05) is 17.0 Å². The lowest BCUT2D eigenvalue weighted by Gasteiger charge is -2.09. The number of aromatic nitrogens is 3. The normalized spacial score (nSPS) is 12.3. The van der Waals surface area contributed by atoms with Crippen molar-refractivity contribution in [3.63, 3.8) is 0 Å². The van der Waals surface area contributed by atoms with Crippen molar-refractivity contribution in [2.75, 3.05) is 24.8 Å². The van der Waals surface area contributed by atoms with Crippen molar-refractivity contribution in [1.82, 2.24) is 14.8 Å². The number of thioether (sulfide) groups is 1. The molecule has 0 unspecified atom stereocenters. The molecule has 0 aliphatic heterocycles. The SMILES string of the molecule is C=CCn1c(SCC(=O)Nc2sc3c(c2C(=O)OC)CCC3)nnc1-c1ccc(OCC)cc1. The molecule has 178 valence electrons. The molecule has 2 heterocycles. The first-order valence-corrected chi connectivity index (χ1v) is 12.8. The number of hydrogen-bond donors (Lipinski definition) is 1. The summed E-state index contributed by atoms with van der Waals surface area (Å²) in [6.07, 6.45) is 4.54. The predicted octanol–water partition coefficient (Wildman–Crippen LogP) is 4.60. The van der Waals surface area contributed by atoms with E-state index in [1.54, 1.807) is 6.08 Å². The van der Waals surface area contributed by atoms with E-state index in [1.807, 2.05) is 35.8 Å². The average molecular weight is 499 g/mol. The Hall–Kier alpha value is -3.11. The van der Waals surface area contributed by atoms with Crippen LogP contribution < -0.4 is 10.1 Å². The molecule has 1 aliphatic carbocycles. The number of ether oxygens (including phenoxy) is 2. The second kappa shape index (κ2) is 10.9. The molecule has 0 spiro atoms. The van der Waals surface area contributed by atoms with E-state index in [0.717, 1.165) is 41.0 Å². The summed E-state index contributed by atoms with van der Waals surface area (Å²) in [5.74, 6) is 0.979. The van der Waals surface area contributed by atoms with Gasteiger partial charge in [0.05, 0.1) is 25.0 Å². The van der Waals surface area contributed by atoms with Crippen LogP contribution in [-0.4, -0.2) is 46.1 Å². The minimum atomic E-state index is -0.409. The van der Waals surface area contributed by atoms with Gasteiger partial charge in [0.15, 0.2) is 11.0 Å². The fourth-order valence-corrected chi connectivity index (χ4v) is 5.91. The van der Waals surface area contributed by atoms with Crippen LogP contribution in [0.2, 0.25) is 0 Å². The number of benzene rings is 1. The first kappa shape index (κ1) is 24.0. The predicted molar refractivity (Wildman–Crippen MR) is 134 cm³/mol. The van der Waals surface area contributed by atoms with Crippen LogP contribution in [0.25, 0.3) is 11.4 Å². The van der Waals surface area contributed by atoms with E-state index in [0.29, 0.717) is 34.7 Å². The number of amides is 1. The van der Waals surface area contributed by atoms with E-state index in [-0.39, 0.29) is 11.7 Å². The quantitative estimate of drug-likeness (QED) is 0.248. The zero-order valence-corrected chi connectivity index (χ0v) is 20.8. The van der Waals surface area contributed by atoms with Crippen LogP contribution in [0.1, 0.15) is 34.1 Å². The van der Waals surface area contributed by atoms with Crippen molar-refractivity contribution >= 4 is 40.0 Å². The Bertz CT molecular complexity index is 1200. The number of fused-ring (bicyclic) bond motifs is 1. The number of nitrogens with zero attached hydrogens (tertiary/aromatic N) is 3. The number of nitrogens with one attached hydrogen (secondary N) is 1. The maximum absolute atomic E-state index is 12.8. The molecule has 0 atom stereocenters. The van der Waals surface area contributed by atoms with Gasteiger partial charge in [0.25, 0.3) is 0 Å². The summed E-state index contributed by atoms with van der Waals surface area (Å²) in [6, 6.07) is 7.65. The Morgan fingerprint density at radius 1 is 1.26 bits per heavy atom. The van der Waals surface area contributed by atoms with Crippen LogP contribution in [-0.2, 0) is 28.9 Å². The second-order valence-corrected chi connectivity index (χ2v) is 9.60. The summed E-state index contributed by atoms with van der Waals surface area (Å²) in [4.78, 5) is 26.2. The summed E-state index contributed by atoms with van der Waals surface area (Å²) in [5, 5.41) is 12.7. The third-order valence-corrected chi connectivity index (χ3v) is 7.52. The van der Waals surface area contributed by atoms with Gasteiger partial charge in [0.1, 0.15) is 10.8 Å². The Morgan fingerprint density at radius 3 is 2.76 bits per heavy atom. The second-order valence-electron chi connectivity index (χ2n) is 7.55. The van der Waals surface area contributed by atoms with Crippen LogP contribution >= 0.6 is 23.1 Å². The Kier molecular flexibility index (Phi) is 7.69. The molecular formula is C24H26N4O4S2.